The summed E-state index contributed by atoms with van der Waals surface area (Å²) in [6.45, 7) is 1.93. The van der Waals surface area contributed by atoms with E-state index in [2.05, 4.69) is 4.98 Å². The number of hydrogen-bond acceptors (Lipinski definition) is 4. The molecule has 0 unspecified atom stereocenters. The van der Waals surface area contributed by atoms with E-state index in [-0.39, 0.29) is 29.5 Å². The van der Waals surface area contributed by atoms with Crippen LogP contribution in [0, 0.1) is 5.92 Å². The number of rotatable bonds is 3. The Morgan fingerprint density at radius 1 is 1.24 bits per heavy atom. The first-order chi connectivity index (χ1) is 14.0. The number of aromatic nitrogens is 1. The Balaban J connectivity index is 1.50. The number of carbonyl (C=O) groups is 3. The molecule has 2 saturated heterocycles. The number of amides is 2. The maximum absolute atomic E-state index is 12.7. The molecule has 0 spiro atoms. The molecule has 0 saturated carbocycles. The van der Waals surface area contributed by atoms with Gasteiger partial charge in [0.15, 0.2) is 0 Å². The Morgan fingerprint density at radius 3 is 2.79 bits per heavy atom. The molecule has 1 N–H and O–H groups in total. The molecule has 5 rings (SSSR count). The summed E-state index contributed by atoms with van der Waals surface area (Å²) in [6.07, 6.45) is 5.86. The standard InChI is InChI=1S/C22H19N3O4/c1-12(26)24-11-16-9-15(19(22(28)29)25-18(16)20(24)21(25)27)7-6-13-8-14-4-2-3-5-17(14)23-10-13/h2-8,10,16,18,20H,9,11H2,1H3,(H,28,29)/b7-6+/t16-,18-,20+/m1/s1. The van der Waals surface area contributed by atoms with Gasteiger partial charge in [-0.1, -0.05) is 30.4 Å². The number of β-lactam (4-membered cyclic amide) rings is 1. The molecule has 0 bridgehead atoms. The maximum Gasteiger partial charge on any atom is 0.352 e. The van der Waals surface area contributed by atoms with Crippen molar-refractivity contribution in [3.05, 3.63) is 59.4 Å². The van der Waals surface area contributed by atoms with Crippen LogP contribution in [0.3, 0.4) is 0 Å². The first-order valence-electron chi connectivity index (χ1n) is 9.55. The van der Waals surface area contributed by atoms with Crippen LogP contribution in [0.25, 0.3) is 17.0 Å². The Kier molecular flexibility index (Phi) is 3.81. The number of carbonyl (C=O) groups excluding carboxylic acids is 2. The minimum atomic E-state index is -1.12. The molecular formula is C22H19N3O4. The summed E-state index contributed by atoms with van der Waals surface area (Å²) in [6, 6.07) is 9.03. The average Bonchev–Trinajstić information content (AvgIpc) is 3.08. The molecular weight excluding hydrogens is 370 g/mol. The van der Waals surface area contributed by atoms with Gasteiger partial charge in [-0.15, -0.1) is 0 Å². The Bertz CT molecular complexity index is 1140. The predicted octanol–water partition coefficient (Wildman–Crippen LogP) is 2.05. The summed E-state index contributed by atoms with van der Waals surface area (Å²) >= 11 is 0. The fourth-order valence-corrected chi connectivity index (χ4v) is 4.82. The van der Waals surface area contributed by atoms with Crippen LogP contribution in [0.1, 0.15) is 18.9 Å². The van der Waals surface area contributed by atoms with Gasteiger partial charge >= 0.3 is 5.97 Å². The van der Waals surface area contributed by atoms with Gasteiger partial charge in [0.1, 0.15) is 11.7 Å². The van der Waals surface area contributed by atoms with Gasteiger partial charge in [-0.3, -0.25) is 19.5 Å². The van der Waals surface area contributed by atoms with Gasteiger partial charge in [0.05, 0.1) is 11.6 Å². The largest absolute Gasteiger partial charge is 0.477 e. The minimum absolute atomic E-state index is 0.0305. The third-order valence-electron chi connectivity index (χ3n) is 6.08. The summed E-state index contributed by atoms with van der Waals surface area (Å²) in [7, 11) is 0. The minimum Gasteiger partial charge on any atom is -0.477 e. The van der Waals surface area contributed by atoms with Gasteiger partial charge < -0.3 is 10.0 Å². The summed E-state index contributed by atoms with van der Waals surface area (Å²) in [4.78, 5) is 43.9. The SMILES string of the molecule is CC(=O)N1C[C@H]2CC(/C=C/c3cnc4ccccc4c3)=C(C(=O)O)N3C(=O)[C@@H]1[C@@H]23. The van der Waals surface area contributed by atoms with E-state index in [1.165, 1.54) is 11.8 Å². The van der Waals surface area contributed by atoms with Gasteiger partial charge in [-0.05, 0) is 29.7 Å². The van der Waals surface area contributed by atoms with Crippen molar-refractivity contribution in [1.82, 2.24) is 14.8 Å². The van der Waals surface area contributed by atoms with Crippen LogP contribution in [0.15, 0.2) is 53.9 Å². The highest BCUT2D eigenvalue weighted by Crippen LogP contribution is 2.47. The molecule has 4 heterocycles. The van der Waals surface area contributed by atoms with E-state index in [4.69, 9.17) is 0 Å². The zero-order valence-corrected chi connectivity index (χ0v) is 15.8. The normalized spacial score (nSPS) is 25.6. The molecule has 0 radical (unpaired) electrons. The molecule has 7 nitrogen and oxygen atoms in total. The molecule has 3 atom stereocenters. The first kappa shape index (κ1) is 17.6. The second-order valence-electron chi connectivity index (χ2n) is 7.75. The molecule has 7 heteroatoms. The van der Waals surface area contributed by atoms with E-state index in [9.17, 15) is 19.5 Å². The van der Waals surface area contributed by atoms with Crippen molar-refractivity contribution in [2.24, 2.45) is 5.92 Å². The van der Waals surface area contributed by atoms with E-state index in [1.54, 1.807) is 17.2 Å². The molecule has 29 heavy (non-hydrogen) atoms. The number of nitrogens with zero attached hydrogens (tertiary/aromatic N) is 3. The third-order valence-corrected chi connectivity index (χ3v) is 6.08. The summed E-state index contributed by atoms with van der Waals surface area (Å²) in [5, 5.41) is 10.8. The molecule has 3 aliphatic rings. The number of carboxylic acids is 1. The second kappa shape index (κ2) is 6.27. The van der Waals surface area contributed by atoms with Crippen molar-refractivity contribution in [1.29, 1.82) is 0 Å². The number of fused-ring (bicyclic) bond motifs is 1. The van der Waals surface area contributed by atoms with Gasteiger partial charge in [-0.2, -0.15) is 0 Å². The molecule has 3 aliphatic heterocycles. The number of carboxylic acid groups (broad SMARTS) is 1. The molecule has 1 aromatic heterocycles. The van der Waals surface area contributed by atoms with Crippen molar-refractivity contribution in [2.75, 3.05) is 6.54 Å². The Labute approximate surface area is 166 Å². The van der Waals surface area contributed by atoms with Crippen molar-refractivity contribution in [3.63, 3.8) is 0 Å². The summed E-state index contributed by atoms with van der Waals surface area (Å²) in [5.74, 6) is -1.51. The highest BCUT2D eigenvalue weighted by molar-refractivity contribution is 6.02. The van der Waals surface area contributed by atoms with Crippen molar-refractivity contribution in [2.45, 2.75) is 25.4 Å². The topological polar surface area (TPSA) is 90.8 Å². The van der Waals surface area contributed by atoms with E-state index < -0.39 is 12.0 Å². The zero-order chi connectivity index (χ0) is 20.3. The van der Waals surface area contributed by atoms with Crippen LogP contribution in [-0.4, -0.2) is 56.3 Å². The molecule has 2 fully saturated rings. The summed E-state index contributed by atoms with van der Waals surface area (Å²) in [5.41, 5.74) is 2.38. The lowest BCUT2D eigenvalue weighted by atomic mass is 9.79. The fraction of sp³-hybridized carbons (Fsp3) is 0.273. The van der Waals surface area contributed by atoms with Crippen molar-refractivity contribution < 1.29 is 19.5 Å². The molecule has 2 amide bonds. The number of aliphatic carboxylic acids is 1. The van der Waals surface area contributed by atoms with Crippen LogP contribution in [0.4, 0.5) is 0 Å². The molecule has 0 aliphatic carbocycles. The van der Waals surface area contributed by atoms with E-state index in [1.807, 2.05) is 36.4 Å². The van der Waals surface area contributed by atoms with Crippen LogP contribution in [0.5, 0.6) is 0 Å². The highest BCUT2D eigenvalue weighted by atomic mass is 16.4. The highest BCUT2D eigenvalue weighted by Gasteiger charge is 2.63. The number of likely N-dealkylation sites (tertiary alicyclic amines) is 1. The Hall–Kier alpha value is -3.48. The predicted molar refractivity (Wildman–Crippen MR) is 105 cm³/mol. The van der Waals surface area contributed by atoms with E-state index in [0.29, 0.717) is 18.5 Å². The van der Waals surface area contributed by atoms with Crippen LogP contribution in [-0.2, 0) is 14.4 Å². The number of para-hydroxylation sites is 1. The molecule has 146 valence electrons. The first-order valence-corrected chi connectivity index (χ1v) is 9.55. The maximum atomic E-state index is 12.7. The van der Waals surface area contributed by atoms with E-state index >= 15 is 0 Å². The number of hydrogen-bond donors (Lipinski definition) is 1. The smallest absolute Gasteiger partial charge is 0.352 e. The lowest BCUT2D eigenvalue weighted by Gasteiger charge is -2.49. The van der Waals surface area contributed by atoms with Gasteiger partial charge in [0.25, 0.3) is 5.91 Å². The fourth-order valence-electron chi connectivity index (χ4n) is 4.82. The van der Waals surface area contributed by atoms with Crippen molar-refractivity contribution in [3.8, 4) is 0 Å². The average molecular weight is 389 g/mol. The second-order valence-corrected chi connectivity index (χ2v) is 7.75. The number of pyridine rings is 1. The molecule has 2 aromatic rings. The monoisotopic (exact) mass is 389 g/mol. The van der Waals surface area contributed by atoms with Crippen molar-refractivity contribution >= 4 is 34.8 Å². The zero-order valence-electron chi connectivity index (χ0n) is 15.8. The summed E-state index contributed by atoms with van der Waals surface area (Å²) < 4.78 is 0. The van der Waals surface area contributed by atoms with Crippen LogP contribution < -0.4 is 0 Å². The lowest BCUT2D eigenvalue weighted by molar-refractivity contribution is -0.159. The van der Waals surface area contributed by atoms with Gasteiger partial charge in [0, 0.05) is 31.0 Å². The lowest BCUT2D eigenvalue weighted by Crippen LogP contribution is -2.69. The van der Waals surface area contributed by atoms with Gasteiger partial charge in [-0.25, -0.2) is 4.79 Å². The van der Waals surface area contributed by atoms with E-state index in [0.717, 1.165) is 16.5 Å². The van der Waals surface area contributed by atoms with Gasteiger partial charge in [0.2, 0.25) is 5.91 Å². The number of benzene rings is 1. The van der Waals surface area contributed by atoms with Crippen LogP contribution >= 0.6 is 0 Å². The Morgan fingerprint density at radius 2 is 2.03 bits per heavy atom. The molecule has 1 aromatic carbocycles. The van der Waals surface area contributed by atoms with Crippen LogP contribution in [0.2, 0.25) is 0 Å². The number of allylic oxidation sites excluding steroid dienone is 2. The quantitative estimate of drug-likeness (QED) is 0.812. The third kappa shape index (κ3) is 2.57.